The standard InChI is InChI=1S/C13H17N5O3.C12H15N5O4.C11H16N5O14P3.C11H13N5O5/c1-3-13-4-20-8(6(13)2)11(21-13)18-5-15-7-9(18)16-12(14)17-10(7)19;1-5-7-10(21-12(5,2-18)3-20-7)17-4-14-6-8(17)15-11(13)16-9(6)19;12-10-14-7-4(8(18)15-10)13-3-16(7)9-5-6(17)11(28-9,1-26-5)2-27-32(22,23)30-33(24,25)29-31(19,20)21;12-10-14-7-4(8(19)15-10)13-3-16(7)9-5-6(18)11(1-17,21-9)2-20-5/h5-6,8,11H,3-4H2,1-2H3,(H3,14,16,17,19);4-5,7,10,18H,2-3H2,1H3,(H3,13,15,16,19);3,5-6,9,17H,1-2H2,(H,22,23)(H,24,25)(H2,19,20,21)(H3,12,14,15,18);3,5-6,9,17-18H,1-2H2,(H3,12,14,15,19)/t6?,8-,11+,13-;5?,7-,10+,12-;5-,6?,9+,11+;5-,6?,9+,11-/m0000/s1. The first-order valence-electron chi connectivity index (χ1n) is 28.7. The maximum Gasteiger partial charge on any atom is 0.490 e. The summed E-state index contributed by atoms with van der Waals surface area (Å²) in [5.74, 6) is 0.130. The Morgan fingerprint density at radius 1 is 0.500 bits per heavy atom. The maximum absolute atomic E-state index is 12.0. The first-order chi connectivity index (χ1) is 45.3. The molecule has 8 aromatic rings. The molecule has 16 heterocycles. The fourth-order valence-electron chi connectivity index (χ4n) is 12.8. The number of phosphoric acid groups is 3. The molecule has 8 aliphatic rings. The number of aliphatic hydroxyl groups is 4. The Morgan fingerprint density at radius 2 is 0.812 bits per heavy atom. The topological polar surface area (TPSA) is 673 Å². The summed E-state index contributed by atoms with van der Waals surface area (Å²) in [6.45, 7) is 5.49. The molecule has 0 aromatic carbocycles. The minimum absolute atomic E-state index is 0.00682. The average molecular weight is 1420 g/mol. The van der Waals surface area contributed by atoms with E-state index in [9.17, 15) is 63.1 Å². The number of phosphoric ester groups is 1. The molecule has 0 saturated carbocycles. The minimum Gasteiger partial charge on any atom is -0.393 e. The highest BCUT2D eigenvalue weighted by Crippen LogP contribution is 2.67. The lowest BCUT2D eigenvalue weighted by Gasteiger charge is -2.31. The van der Waals surface area contributed by atoms with Crippen LogP contribution in [-0.4, -0.2) is 223 Å². The van der Waals surface area contributed by atoms with Gasteiger partial charge in [-0.2, -0.15) is 28.6 Å². The van der Waals surface area contributed by atoms with Crippen molar-refractivity contribution in [2.75, 3.05) is 69.2 Å². The van der Waals surface area contributed by atoms with E-state index in [0.29, 0.717) is 24.5 Å². The fourth-order valence-corrected chi connectivity index (χ4v) is 15.9. The van der Waals surface area contributed by atoms with Gasteiger partial charge in [0.25, 0.3) is 22.2 Å². The molecule has 8 aliphatic heterocycles. The Hall–Kier alpha value is -7.47. The number of nitrogens with zero attached hydrogens (tertiary/aromatic N) is 12. The summed E-state index contributed by atoms with van der Waals surface area (Å²) in [6, 6.07) is 0. The van der Waals surface area contributed by atoms with Gasteiger partial charge >= 0.3 is 23.5 Å². The molecule has 49 heteroatoms. The van der Waals surface area contributed by atoms with Gasteiger partial charge in [-0.15, -0.1) is 0 Å². The van der Waals surface area contributed by atoms with Crippen molar-refractivity contribution < 1.29 is 105 Å². The van der Waals surface area contributed by atoms with Crippen LogP contribution in [0.1, 0.15) is 52.1 Å². The van der Waals surface area contributed by atoms with E-state index < -0.39 is 107 Å². The molecular weight excluding hydrogens is 1350 g/mol. The highest BCUT2D eigenvalue weighted by molar-refractivity contribution is 7.66. The number of fused-ring (bicyclic) bond motifs is 12. The number of hydrogen-bond donors (Lipinski definition) is 16. The Morgan fingerprint density at radius 3 is 1.17 bits per heavy atom. The van der Waals surface area contributed by atoms with Crippen molar-refractivity contribution >= 4 is 91.9 Å². The summed E-state index contributed by atoms with van der Waals surface area (Å²) < 4.78 is 98.4. The Bertz CT molecular complexity index is 4460. The SMILES string of the molecule is CC1[C@@H]2OC[C@]1(CO)O[C@H]2n1cnc2c(=O)[nH]c(N)nc21.CC[C@]12CO[C@@H](C1C)[C@H](n1cnc3c(=O)[nH]c(N)nc31)O2.Nc1nc2c(ncn2[C@@H]2O[C@@]3(CO)CO[C@H]2C3O)c(=O)[nH]1.Nc1nc2c(ncn2[C@@H]2O[C@@]3(COP(=O)(O)OP(=O)(O)OP(=O)(O)O)CO[C@H]2C3O)c(=O)[nH]1. The quantitative estimate of drug-likeness (QED) is 0.0454. The van der Waals surface area contributed by atoms with E-state index in [0.717, 1.165) is 6.42 Å². The lowest BCUT2D eigenvalue weighted by Crippen LogP contribution is -2.44. The number of nitrogen functional groups attached to an aromatic ring is 4. The van der Waals surface area contributed by atoms with Gasteiger partial charge in [-0.3, -0.25) is 61.9 Å². The fraction of sp³-hybridized carbons (Fsp3) is 0.574. The van der Waals surface area contributed by atoms with Crippen molar-refractivity contribution in [2.45, 2.75) is 111 Å². The number of aromatic nitrogens is 16. The van der Waals surface area contributed by atoms with Crippen LogP contribution in [0, 0.1) is 11.8 Å². The molecule has 0 radical (unpaired) electrons. The van der Waals surface area contributed by atoms with Gasteiger partial charge in [0.05, 0.1) is 77.2 Å². The molecule has 18 atom stereocenters. The number of imidazole rings is 4. The number of aliphatic hydroxyl groups excluding tert-OH is 4. The van der Waals surface area contributed by atoms with Crippen molar-refractivity contribution in [1.82, 2.24) is 78.1 Å². The molecular formula is C47H61N20O26P3. The van der Waals surface area contributed by atoms with Crippen molar-refractivity contribution in [3.8, 4) is 0 Å². The van der Waals surface area contributed by atoms with E-state index in [2.05, 4.69) is 86.8 Å². The number of H-pyrrole nitrogens is 4. The highest BCUT2D eigenvalue weighted by Gasteiger charge is 2.65. The van der Waals surface area contributed by atoms with Crippen LogP contribution in [0.3, 0.4) is 0 Å². The molecule has 0 aliphatic carbocycles. The highest BCUT2D eigenvalue weighted by atomic mass is 31.3. The maximum atomic E-state index is 12.0. The molecule has 20 N–H and O–H groups in total. The van der Waals surface area contributed by atoms with E-state index >= 15 is 0 Å². The van der Waals surface area contributed by atoms with Gasteiger partial charge in [-0.1, -0.05) is 20.8 Å². The third-order valence-corrected chi connectivity index (χ3v) is 21.7. The van der Waals surface area contributed by atoms with Crippen LogP contribution >= 0.6 is 23.5 Å². The van der Waals surface area contributed by atoms with Crippen LogP contribution in [0.5, 0.6) is 0 Å². The average Bonchev–Trinajstić information content (AvgIpc) is 1.59. The van der Waals surface area contributed by atoms with Crippen LogP contribution in [0.25, 0.3) is 44.7 Å². The van der Waals surface area contributed by atoms with Crippen molar-refractivity contribution in [2.24, 2.45) is 11.8 Å². The van der Waals surface area contributed by atoms with Crippen LogP contribution in [0.15, 0.2) is 44.5 Å². The Balaban J connectivity index is 0.000000118. The summed E-state index contributed by atoms with van der Waals surface area (Å²) in [7, 11) is -16.7. The second-order valence-electron chi connectivity index (χ2n) is 23.5. The number of ether oxygens (including phenoxy) is 8. The second-order valence-corrected chi connectivity index (χ2v) is 27.9. The molecule has 46 nitrogen and oxygen atoms in total. The summed E-state index contributed by atoms with van der Waals surface area (Å²) in [4.78, 5) is 125. The smallest absolute Gasteiger partial charge is 0.393 e. The Kier molecular flexibility index (Phi) is 16.7. The molecule has 0 amide bonds. The zero-order valence-electron chi connectivity index (χ0n) is 49.8. The van der Waals surface area contributed by atoms with Crippen LogP contribution in [-0.2, 0) is 64.7 Å². The first kappa shape index (κ1) is 67.1. The van der Waals surface area contributed by atoms with E-state index in [1.807, 2.05) is 6.92 Å². The number of anilines is 4. The van der Waals surface area contributed by atoms with E-state index in [1.165, 1.54) is 28.1 Å². The lowest BCUT2D eigenvalue weighted by atomic mass is 9.88. The molecule has 16 rings (SSSR count). The van der Waals surface area contributed by atoms with Crippen LogP contribution in [0.2, 0.25) is 0 Å². The molecule has 8 fully saturated rings. The number of nitrogens with one attached hydrogen (secondary N) is 4. The number of nitrogens with two attached hydrogens (primary N) is 4. The van der Waals surface area contributed by atoms with Gasteiger partial charge in [0.1, 0.15) is 53.4 Å². The Labute approximate surface area is 532 Å². The third-order valence-electron chi connectivity index (χ3n) is 17.9. The van der Waals surface area contributed by atoms with Crippen molar-refractivity contribution in [1.29, 1.82) is 0 Å². The molecule has 520 valence electrons. The lowest BCUT2D eigenvalue weighted by molar-refractivity contribution is -0.185. The first-order valence-corrected chi connectivity index (χ1v) is 33.2. The van der Waals surface area contributed by atoms with Crippen LogP contribution in [0.4, 0.5) is 23.8 Å². The summed E-state index contributed by atoms with van der Waals surface area (Å²) in [6.07, 6.45) is -0.685. The number of hydrogen-bond acceptors (Lipinski definition) is 34. The van der Waals surface area contributed by atoms with Gasteiger partial charge in [-0.05, 0) is 6.42 Å². The molecule has 8 saturated heterocycles. The predicted molar refractivity (Wildman–Crippen MR) is 315 cm³/mol. The predicted octanol–water partition coefficient (Wildman–Crippen LogP) is -4.80. The van der Waals surface area contributed by atoms with Gasteiger partial charge in [0.15, 0.2) is 69.6 Å². The largest absolute Gasteiger partial charge is 0.490 e. The monoisotopic (exact) mass is 1410 g/mol. The van der Waals surface area contributed by atoms with E-state index in [-0.39, 0.29) is 125 Å². The van der Waals surface area contributed by atoms with Crippen LogP contribution < -0.4 is 45.2 Å². The summed E-state index contributed by atoms with van der Waals surface area (Å²) in [5, 5.41) is 39.8. The van der Waals surface area contributed by atoms with E-state index in [4.69, 9.17) is 70.6 Å². The van der Waals surface area contributed by atoms with Gasteiger partial charge in [0.2, 0.25) is 23.8 Å². The normalized spacial score (nSPS) is 33.5. The van der Waals surface area contributed by atoms with Gasteiger partial charge in [-0.25, -0.2) is 33.6 Å². The molecule has 0 spiro atoms. The summed E-state index contributed by atoms with van der Waals surface area (Å²) in [5.41, 5.74) is 18.0. The molecule has 6 unspecified atom stereocenters. The molecule has 8 aromatic heterocycles. The number of rotatable bonds is 14. The zero-order chi connectivity index (χ0) is 68.7. The zero-order valence-corrected chi connectivity index (χ0v) is 52.5. The van der Waals surface area contributed by atoms with Gasteiger partial charge in [0, 0.05) is 11.8 Å². The van der Waals surface area contributed by atoms with Crippen molar-refractivity contribution in [3.05, 3.63) is 66.7 Å². The third kappa shape index (κ3) is 11.3. The molecule has 8 bridgehead atoms. The van der Waals surface area contributed by atoms with E-state index in [1.54, 1.807) is 15.5 Å². The van der Waals surface area contributed by atoms with Crippen molar-refractivity contribution in [3.63, 3.8) is 0 Å². The number of aromatic amines is 4. The molecule has 96 heavy (non-hydrogen) atoms. The second kappa shape index (κ2) is 23.9. The minimum atomic E-state index is -5.72. The van der Waals surface area contributed by atoms with Gasteiger partial charge < -0.3 is 101 Å². The summed E-state index contributed by atoms with van der Waals surface area (Å²) >= 11 is 0.